The van der Waals surface area contributed by atoms with Crippen molar-refractivity contribution in [2.75, 3.05) is 6.61 Å². The second kappa shape index (κ2) is 9.02. The van der Waals surface area contributed by atoms with E-state index in [9.17, 15) is 18.8 Å². The molecule has 3 rings (SSSR count). The second-order valence-corrected chi connectivity index (χ2v) is 7.83. The Balaban J connectivity index is 2.48. The van der Waals surface area contributed by atoms with E-state index < -0.39 is 23.0 Å². The van der Waals surface area contributed by atoms with Crippen LogP contribution in [0.25, 0.3) is 10.9 Å². The Bertz CT molecular complexity index is 1210. The van der Waals surface area contributed by atoms with E-state index in [2.05, 4.69) is 0 Å². The van der Waals surface area contributed by atoms with Crippen molar-refractivity contribution in [3.8, 4) is 0 Å². The van der Waals surface area contributed by atoms with E-state index in [1.54, 1.807) is 18.4 Å². The quantitative estimate of drug-likeness (QED) is 0.376. The van der Waals surface area contributed by atoms with Gasteiger partial charge in [0.1, 0.15) is 11.4 Å². The number of benzene rings is 2. The predicted octanol–water partition coefficient (Wildman–Crippen LogP) is 5.34. The molecule has 1 aromatic heterocycles. The third-order valence-corrected chi connectivity index (χ3v) is 5.99. The van der Waals surface area contributed by atoms with Crippen LogP contribution in [0.1, 0.15) is 41.5 Å². The van der Waals surface area contributed by atoms with Crippen LogP contribution >= 0.6 is 23.4 Å². The Hall–Kier alpha value is -2.64. The lowest BCUT2D eigenvalue weighted by Gasteiger charge is -2.20. The van der Waals surface area contributed by atoms with Crippen LogP contribution < -0.4 is 5.43 Å². The van der Waals surface area contributed by atoms with E-state index in [0.29, 0.717) is 11.6 Å². The van der Waals surface area contributed by atoms with E-state index in [4.69, 9.17) is 16.3 Å². The van der Waals surface area contributed by atoms with E-state index in [1.807, 2.05) is 30.3 Å². The molecule has 0 unspecified atom stereocenters. The summed E-state index contributed by atoms with van der Waals surface area (Å²) in [5.74, 6) is -2.25. The van der Waals surface area contributed by atoms with Gasteiger partial charge in [0.25, 0.3) is 0 Å². The third-order valence-electron chi connectivity index (χ3n) is 4.50. The Kier molecular flexibility index (Phi) is 6.63. The van der Waals surface area contributed by atoms with Gasteiger partial charge in [-0.1, -0.05) is 41.6 Å². The molecule has 3 aromatic rings. The average molecular weight is 448 g/mol. The number of rotatable bonds is 6. The predicted molar refractivity (Wildman–Crippen MR) is 115 cm³/mol. The van der Waals surface area contributed by atoms with Crippen molar-refractivity contribution in [3.05, 3.63) is 68.6 Å². The number of fused-ring (bicyclic) bond motifs is 1. The first-order valence-corrected chi connectivity index (χ1v) is 10.5. The Morgan fingerprint density at radius 2 is 1.83 bits per heavy atom. The van der Waals surface area contributed by atoms with Crippen molar-refractivity contribution in [1.29, 1.82) is 0 Å². The molecule has 0 bridgehead atoms. The molecule has 0 atom stereocenters. The lowest BCUT2D eigenvalue weighted by atomic mass is 10.0. The summed E-state index contributed by atoms with van der Waals surface area (Å²) in [6.45, 7) is 5.05. The minimum absolute atomic E-state index is 0.0789. The fraction of sp³-hybridized carbons (Fsp3) is 0.227. The number of carbonyl (C=O) groups is 2. The van der Waals surface area contributed by atoms with Crippen LogP contribution in [0.15, 0.2) is 51.1 Å². The Morgan fingerprint density at radius 1 is 1.17 bits per heavy atom. The monoisotopic (exact) mass is 447 g/mol. The minimum atomic E-state index is -0.905. The molecule has 0 spiro atoms. The molecule has 156 valence electrons. The molecule has 5 nitrogen and oxygen atoms in total. The number of Topliss-reactive ketones (excluding diaryl/α,β-unsaturated/α-hetero) is 1. The SMILES string of the molecule is CCOC(=O)c1c(Sc2ccccc2)n(CC)c2c(Cl)c(C(C)=O)c(F)cc2c1=O. The van der Waals surface area contributed by atoms with E-state index >= 15 is 0 Å². The van der Waals surface area contributed by atoms with Gasteiger partial charge in [0.05, 0.1) is 33.1 Å². The number of hydrogen-bond donors (Lipinski definition) is 0. The largest absolute Gasteiger partial charge is 0.462 e. The van der Waals surface area contributed by atoms with Crippen molar-refractivity contribution in [2.45, 2.75) is 37.2 Å². The van der Waals surface area contributed by atoms with Gasteiger partial charge in [-0.2, -0.15) is 0 Å². The maximum absolute atomic E-state index is 14.6. The molecule has 30 heavy (non-hydrogen) atoms. The topological polar surface area (TPSA) is 65.4 Å². The van der Waals surface area contributed by atoms with Gasteiger partial charge in [-0.25, -0.2) is 9.18 Å². The average Bonchev–Trinajstić information content (AvgIpc) is 2.69. The lowest BCUT2D eigenvalue weighted by Crippen LogP contribution is -2.24. The van der Waals surface area contributed by atoms with Crippen LogP contribution in [0.5, 0.6) is 0 Å². The number of ether oxygens (including phenoxy) is 1. The molecule has 1 heterocycles. The molecular formula is C22H19ClFNO4S. The minimum Gasteiger partial charge on any atom is -0.462 e. The van der Waals surface area contributed by atoms with Gasteiger partial charge in [0.15, 0.2) is 5.78 Å². The molecule has 8 heteroatoms. The summed E-state index contributed by atoms with van der Waals surface area (Å²) in [4.78, 5) is 38.7. The zero-order valence-corrected chi connectivity index (χ0v) is 18.2. The van der Waals surface area contributed by atoms with Crippen LogP contribution in [-0.2, 0) is 11.3 Å². The molecule has 0 saturated carbocycles. The molecule has 2 aromatic carbocycles. The fourth-order valence-electron chi connectivity index (χ4n) is 3.23. The highest BCUT2D eigenvalue weighted by Gasteiger charge is 2.28. The van der Waals surface area contributed by atoms with Gasteiger partial charge in [-0.05, 0) is 39.0 Å². The first kappa shape index (κ1) is 22.1. The zero-order valence-electron chi connectivity index (χ0n) is 16.6. The van der Waals surface area contributed by atoms with E-state index in [0.717, 1.165) is 11.0 Å². The lowest BCUT2D eigenvalue weighted by molar-refractivity contribution is 0.0519. The van der Waals surface area contributed by atoms with Gasteiger partial charge < -0.3 is 9.30 Å². The first-order chi connectivity index (χ1) is 14.3. The Morgan fingerprint density at radius 3 is 2.40 bits per heavy atom. The van der Waals surface area contributed by atoms with Gasteiger partial charge in [-0.3, -0.25) is 9.59 Å². The number of esters is 1. The van der Waals surface area contributed by atoms with Crippen LogP contribution in [0.2, 0.25) is 5.02 Å². The second-order valence-electron chi connectivity index (χ2n) is 6.39. The number of nitrogens with zero attached hydrogens (tertiary/aromatic N) is 1. The summed E-state index contributed by atoms with van der Waals surface area (Å²) in [6.07, 6.45) is 0. The van der Waals surface area contributed by atoms with Gasteiger partial charge in [0.2, 0.25) is 5.43 Å². The number of ketones is 1. The summed E-state index contributed by atoms with van der Waals surface area (Å²) in [6, 6.07) is 10.1. The number of carbonyl (C=O) groups excluding carboxylic acids is 2. The maximum Gasteiger partial charge on any atom is 0.344 e. The highest BCUT2D eigenvalue weighted by Crippen LogP contribution is 2.36. The van der Waals surface area contributed by atoms with Gasteiger partial charge >= 0.3 is 5.97 Å². The highest BCUT2D eigenvalue weighted by molar-refractivity contribution is 7.99. The summed E-state index contributed by atoms with van der Waals surface area (Å²) in [5.41, 5.74) is -0.957. The number of halogens is 2. The number of aromatic nitrogens is 1. The van der Waals surface area contributed by atoms with E-state index in [-0.39, 0.29) is 33.7 Å². The third kappa shape index (κ3) is 3.87. The van der Waals surface area contributed by atoms with Gasteiger partial charge in [-0.15, -0.1) is 0 Å². The molecular weight excluding hydrogens is 429 g/mol. The van der Waals surface area contributed by atoms with Crippen molar-refractivity contribution >= 4 is 46.0 Å². The van der Waals surface area contributed by atoms with Crippen molar-refractivity contribution in [2.24, 2.45) is 0 Å². The summed E-state index contributed by atoms with van der Waals surface area (Å²) in [7, 11) is 0. The van der Waals surface area contributed by atoms with Gasteiger partial charge in [0, 0.05) is 11.4 Å². The molecule has 0 saturated heterocycles. The van der Waals surface area contributed by atoms with Crippen molar-refractivity contribution in [3.63, 3.8) is 0 Å². The molecule has 0 aliphatic carbocycles. The maximum atomic E-state index is 14.6. The summed E-state index contributed by atoms with van der Waals surface area (Å²) < 4.78 is 21.4. The summed E-state index contributed by atoms with van der Waals surface area (Å²) in [5, 5.41) is 0.0919. The standard InChI is InChI=1S/C22H19ClFNO4S/c1-4-25-19-14(11-15(24)16(12(3)26)18(19)23)20(27)17(22(28)29-5-2)21(25)30-13-9-7-6-8-10-13/h6-11H,4-5H2,1-3H3. The van der Waals surface area contributed by atoms with Crippen molar-refractivity contribution < 1.29 is 18.7 Å². The van der Waals surface area contributed by atoms with Crippen molar-refractivity contribution in [1.82, 2.24) is 4.57 Å². The zero-order chi connectivity index (χ0) is 22.0. The number of aryl methyl sites for hydroxylation is 1. The molecule has 0 aliphatic rings. The molecule has 0 N–H and O–H groups in total. The van der Waals surface area contributed by atoms with Crippen LogP contribution in [-0.4, -0.2) is 22.9 Å². The van der Waals surface area contributed by atoms with E-state index in [1.165, 1.54) is 18.7 Å². The number of hydrogen-bond acceptors (Lipinski definition) is 5. The van der Waals surface area contributed by atoms with Crippen LogP contribution in [0, 0.1) is 5.82 Å². The molecule has 0 fully saturated rings. The van der Waals surface area contributed by atoms with Crippen LogP contribution in [0.3, 0.4) is 0 Å². The molecule has 0 amide bonds. The number of pyridine rings is 1. The summed E-state index contributed by atoms with van der Waals surface area (Å²) >= 11 is 7.62. The fourth-order valence-corrected chi connectivity index (χ4v) is 4.78. The Labute approximate surface area is 181 Å². The highest BCUT2D eigenvalue weighted by atomic mass is 35.5. The molecule has 0 aliphatic heterocycles. The smallest absolute Gasteiger partial charge is 0.344 e. The van der Waals surface area contributed by atoms with Crippen LogP contribution in [0.4, 0.5) is 4.39 Å². The molecule has 0 radical (unpaired) electrons. The normalized spacial score (nSPS) is 11.0. The first-order valence-electron chi connectivity index (χ1n) is 9.31.